The number of hydrogen-bond donors (Lipinski definition) is 1. The average Bonchev–Trinajstić information content (AvgIpc) is 2.72. The van der Waals surface area contributed by atoms with E-state index >= 15 is 0 Å². The highest BCUT2D eigenvalue weighted by molar-refractivity contribution is 5.97. The smallest absolute Gasteiger partial charge is 0.338 e. The zero-order chi connectivity index (χ0) is 20.1. The van der Waals surface area contributed by atoms with Gasteiger partial charge in [0.2, 0.25) is 0 Å². The Kier molecular flexibility index (Phi) is 5.69. The standard InChI is InChI=1S/C22H20N2O4/c1-15-5-3-4-6-19(15)21-13-16(7-12-20(21)22(25)28-2)14-23-17-8-10-18(11-9-17)24(26)27/h3-13,23H,14H2,1-2H3. The predicted molar refractivity (Wildman–Crippen MR) is 108 cm³/mol. The van der Waals surface area contributed by atoms with Crippen LogP contribution in [0.1, 0.15) is 21.5 Å². The van der Waals surface area contributed by atoms with Gasteiger partial charge in [-0.25, -0.2) is 4.79 Å². The van der Waals surface area contributed by atoms with Crippen molar-refractivity contribution in [2.24, 2.45) is 0 Å². The summed E-state index contributed by atoms with van der Waals surface area (Å²) in [4.78, 5) is 22.5. The molecule has 0 saturated heterocycles. The quantitative estimate of drug-likeness (QED) is 0.373. The van der Waals surface area contributed by atoms with Gasteiger partial charge in [-0.05, 0) is 53.4 Å². The van der Waals surface area contributed by atoms with Gasteiger partial charge in [0, 0.05) is 24.4 Å². The number of rotatable bonds is 6. The second-order valence-electron chi connectivity index (χ2n) is 6.34. The maximum atomic E-state index is 12.2. The van der Waals surface area contributed by atoms with Gasteiger partial charge in [0.1, 0.15) is 0 Å². The highest BCUT2D eigenvalue weighted by Gasteiger charge is 2.15. The van der Waals surface area contributed by atoms with Gasteiger partial charge in [0.15, 0.2) is 0 Å². The van der Waals surface area contributed by atoms with Gasteiger partial charge in [-0.3, -0.25) is 10.1 Å². The molecule has 6 heteroatoms. The minimum absolute atomic E-state index is 0.0508. The SMILES string of the molecule is COC(=O)c1ccc(CNc2ccc([N+](=O)[O-])cc2)cc1-c1ccccc1C. The summed E-state index contributed by atoms with van der Waals surface area (Å²) in [6.07, 6.45) is 0. The van der Waals surface area contributed by atoms with E-state index in [0.29, 0.717) is 12.1 Å². The van der Waals surface area contributed by atoms with Crippen molar-refractivity contribution in [2.75, 3.05) is 12.4 Å². The Morgan fingerprint density at radius 1 is 1.04 bits per heavy atom. The molecular weight excluding hydrogens is 356 g/mol. The van der Waals surface area contributed by atoms with Gasteiger partial charge in [-0.15, -0.1) is 0 Å². The molecule has 0 bridgehead atoms. The van der Waals surface area contributed by atoms with Crippen LogP contribution in [0.3, 0.4) is 0 Å². The van der Waals surface area contributed by atoms with Crippen molar-refractivity contribution in [1.82, 2.24) is 0 Å². The van der Waals surface area contributed by atoms with Crippen molar-refractivity contribution in [3.8, 4) is 11.1 Å². The molecule has 0 amide bonds. The van der Waals surface area contributed by atoms with E-state index in [4.69, 9.17) is 4.74 Å². The fourth-order valence-corrected chi connectivity index (χ4v) is 2.99. The third-order valence-corrected chi connectivity index (χ3v) is 4.50. The van der Waals surface area contributed by atoms with Crippen molar-refractivity contribution in [3.63, 3.8) is 0 Å². The molecule has 0 unspecified atom stereocenters. The third kappa shape index (κ3) is 4.17. The lowest BCUT2D eigenvalue weighted by molar-refractivity contribution is -0.384. The summed E-state index contributed by atoms with van der Waals surface area (Å²) in [5.74, 6) is -0.381. The number of nitro groups is 1. The Morgan fingerprint density at radius 2 is 1.75 bits per heavy atom. The first-order valence-electron chi connectivity index (χ1n) is 8.75. The number of nitro benzene ring substituents is 1. The fourth-order valence-electron chi connectivity index (χ4n) is 2.99. The molecule has 0 aliphatic carbocycles. The first kappa shape index (κ1) is 19.1. The zero-order valence-corrected chi connectivity index (χ0v) is 15.6. The Hall–Kier alpha value is -3.67. The summed E-state index contributed by atoms with van der Waals surface area (Å²) in [6.45, 7) is 2.51. The summed E-state index contributed by atoms with van der Waals surface area (Å²) in [5, 5.41) is 14.0. The summed E-state index contributed by atoms with van der Waals surface area (Å²) >= 11 is 0. The number of nitrogens with zero attached hydrogens (tertiary/aromatic N) is 1. The first-order valence-corrected chi connectivity index (χ1v) is 8.75. The molecule has 142 valence electrons. The molecular formula is C22H20N2O4. The van der Waals surface area contributed by atoms with E-state index in [9.17, 15) is 14.9 Å². The van der Waals surface area contributed by atoms with E-state index in [-0.39, 0.29) is 11.7 Å². The monoisotopic (exact) mass is 376 g/mol. The molecule has 0 aromatic heterocycles. The van der Waals surface area contributed by atoms with Gasteiger partial charge in [-0.2, -0.15) is 0 Å². The van der Waals surface area contributed by atoms with Crippen LogP contribution in [0.5, 0.6) is 0 Å². The van der Waals surface area contributed by atoms with E-state index < -0.39 is 4.92 Å². The molecule has 3 rings (SSSR count). The van der Waals surface area contributed by atoms with Gasteiger partial charge < -0.3 is 10.1 Å². The topological polar surface area (TPSA) is 81.5 Å². The van der Waals surface area contributed by atoms with Crippen LogP contribution in [-0.4, -0.2) is 18.0 Å². The van der Waals surface area contributed by atoms with Crippen LogP contribution in [0.4, 0.5) is 11.4 Å². The number of non-ortho nitro benzene ring substituents is 1. The molecule has 3 aromatic carbocycles. The van der Waals surface area contributed by atoms with Gasteiger partial charge in [0.05, 0.1) is 17.6 Å². The van der Waals surface area contributed by atoms with Crippen LogP contribution in [0.2, 0.25) is 0 Å². The van der Waals surface area contributed by atoms with Crippen molar-refractivity contribution in [1.29, 1.82) is 0 Å². The van der Waals surface area contributed by atoms with E-state index in [1.807, 2.05) is 43.3 Å². The molecule has 1 N–H and O–H groups in total. The third-order valence-electron chi connectivity index (χ3n) is 4.50. The molecule has 0 aliphatic rings. The largest absolute Gasteiger partial charge is 0.465 e. The van der Waals surface area contributed by atoms with E-state index in [1.54, 1.807) is 18.2 Å². The lowest BCUT2D eigenvalue weighted by Crippen LogP contribution is -2.06. The Morgan fingerprint density at radius 3 is 2.39 bits per heavy atom. The number of aryl methyl sites for hydroxylation is 1. The highest BCUT2D eigenvalue weighted by Crippen LogP contribution is 2.29. The number of benzene rings is 3. The van der Waals surface area contributed by atoms with Crippen molar-refractivity contribution in [2.45, 2.75) is 13.5 Å². The van der Waals surface area contributed by atoms with Crippen LogP contribution in [-0.2, 0) is 11.3 Å². The molecule has 0 saturated carbocycles. The summed E-state index contributed by atoms with van der Waals surface area (Å²) < 4.78 is 4.93. The predicted octanol–water partition coefficient (Wildman–Crippen LogP) is 4.97. The summed E-state index contributed by atoms with van der Waals surface area (Å²) in [6, 6.07) is 19.7. The molecule has 28 heavy (non-hydrogen) atoms. The number of ether oxygens (including phenoxy) is 1. The van der Waals surface area contributed by atoms with E-state index in [2.05, 4.69) is 5.32 Å². The van der Waals surface area contributed by atoms with Crippen molar-refractivity contribution < 1.29 is 14.5 Å². The normalized spacial score (nSPS) is 10.4. The number of nitrogens with one attached hydrogen (secondary N) is 1. The molecule has 6 nitrogen and oxygen atoms in total. The maximum absolute atomic E-state index is 12.2. The Balaban J connectivity index is 1.88. The molecule has 0 fully saturated rings. The first-order chi connectivity index (χ1) is 13.5. The fraction of sp³-hybridized carbons (Fsp3) is 0.136. The molecule has 0 spiro atoms. The summed E-state index contributed by atoms with van der Waals surface area (Å²) in [7, 11) is 1.37. The maximum Gasteiger partial charge on any atom is 0.338 e. The number of anilines is 1. The molecule has 0 heterocycles. The minimum atomic E-state index is -0.427. The number of hydrogen-bond acceptors (Lipinski definition) is 5. The van der Waals surface area contributed by atoms with Crippen LogP contribution in [0.25, 0.3) is 11.1 Å². The molecule has 0 radical (unpaired) electrons. The van der Waals surface area contributed by atoms with Gasteiger partial charge in [-0.1, -0.05) is 30.3 Å². The molecule has 0 atom stereocenters. The van der Waals surface area contributed by atoms with Crippen LogP contribution >= 0.6 is 0 Å². The number of carbonyl (C=O) groups is 1. The summed E-state index contributed by atoms with van der Waals surface area (Å²) in [5.41, 5.74) is 5.16. The van der Waals surface area contributed by atoms with Crippen molar-refractivity contribution in [3.05, 3.63) is 93.5 Å². The van der Waals surface area contributed by atoms with Gasteiger partial charge in [0.25, 0.3) is 5.69 Å². The molecule has 0 aliphatic heterocycles. The number of methoxy groups -OCH3 is 1. The molecule has 3 aromatic rings. The lowest BCUT2D eigenvalue weighted by Gasteiger charge is -2.14. The van der Waals surface area contributed by atoms with Crippen LogP contribution < -0.4 is 5.32 Å². The van der Waals surface area contributed by atoms with E-state index in [1.165, 1.54) is 19.2 Å². The lowest BCUT2D eigenvalue weighted by atomic mass is 9.94. The van der Waals surface area contributed by atoms with Crippen molar-refractivity contribution >= 4 is 17.3 Å². The average molecular weight is 376 g/mol. The minimum Gasteiger partial charge on any atom is -0.465 e. The van der Waals surface area contributed by atoms with E-state index in [0.717, 1.165) is 27.9 Å². The number of esters is 1. The zero-order valence-electron chi connectivity index (χ0n) is 15.6. The van der Waals surface area contributed by atoms with Crippen LogP contribution in [0.15, 0.2) is 66.7 Å². The number of carbonyl (C=O) groups excluding carboxylic acids is 1. The Labute approximate surface area is 162 Å². The second-order valence-corrected chi connectivity index (χ2v) is 6.34. The second kappa shape index (κ2) is 8.35. The Bertz CT molecular complexity index is 1010. The van der Waals surface area contributed by atoms with Gasteiger partial charge >= 0.3 is 5.97 Å². The highest BCUT2D eigenvalue weighted by atomic mass is 16.6. The van der Waals surface area contributed by atoms with Crippen LogP contribution in [0, 0.1) is 17.0 Å².